The SMILES string of the molecule is CO[C@@H]1[C@@H](OC)[C@@H]2C[C@]3(CCC(c4ccccc4)[C@@H](C)O3)NC3=[N+]2[C@H]1C[C@]1(CCC(c2ccccc2)[C@@H](C)O1)N3. The van der Waals surface area contributed by atoms with E-state index in [0.29, 0.717) is 11.8 Å². The van der Waals surface area contributed by atoms with E-state index in [-0.39, 0.29) is 36.5 Å². The van der Waals surface area contributed by atoms with Gasteiger partial charge in [-0.1, -0.05) is 60.7 Å². The smallest absolute Gasteiger partial charge is 0.351 e. The van der Waals surface area contributed by atoms with Gasteiger partial charge in [0.25, 0.3) is 0 Å². The molecular formula is C33H44N3O4+. The van der Waals surface area contributed by atoms with Crippen LogP contribution in [0.15, 0.2) is 60.7 Å². The Morgan fingerprint density at radius 1 is 0.700 bits per heavy atom. The molecule has 2 spiro atoms. The molecule has 0 amide bonds. The molecule has 7 rings (SSSR count). The quantitative estimate of drug-likeness (QED) is 0.552. The topological polar surface area (TPSA) is 64.0 Å². The van der Waals surface area contributed by atoms with Gasteiger partial charge in [-0.25, -0.2) is 10.6 Å². The average Bonchev–Trinajstić information content (AvgIpc) is 3.26. The molecule has 40 heavy (non-hydrogen) atoms. The van der Waals surface area contributed by atoms with Crippen LogP contribution in [-0.2, 0) is 18.9 Å². The average molecular weight is 547 g/mol. The molecule has 5 aliphatic rings. The Hall–Kier alpha value is -2.45. The summed E-state index contributed by atoms with van der Waals surface area (Å²) in [7, 11) is 3.65. The first-order valence-corrected chi connectivity index (χ1v) is 15.2. The van der Waals surface area contributed by atoms with E-state index < -0.39 is 11.4 Å². The Bertz CT molecular complexity index is 1150. The second-order valence-corrected chi connectivity index (χ2v) is 12.7. The molecular weight excluding hydrogens is 502 g/mol. The van der Waals surface area contributed by atoms with Crippen LogP contribution in [0.25, 0.3) is 0 Å². The number of benzene rings is 2. The number of nitrogens with one attached hydrogen (secondary N) is 2. The Balaban J connectivity index is 1.18. The summed E-state index contributed by atoms with van der Waals surface area (Å²) in [5.41, 5.74) is 1.81. The van der Waals surface area contributed by atoms with Crippen molar-refractivity contribution in [2.24, 2.45) is 0 Å². The number of hydrogen-bond donors (Lipinski definition) is 2. The zero-order valence-corrected chi connectivity index (χ0v) is 24.2. The lowest BCUT2D eigenvalue weighted by molar-refractivity contribution is -0.609. The molecule has 2 N–H and O–H groups in total. The molecule has 3 fully saturated rings. The maximum absolute atomic E-state index is 6.98. The van der Waals surface area contributed by atoms with Crippen LogP contribution in [0, 0.1) is 0 Å². The van der Waals surface area contributed by atoms with Crippen molar-refractivity contribution < 1.29 is 23.5 Å². The molecule has 0 aliphatic carbocycles. The van der Waals surface area contributed by atoms with Gasteiger partial charge in [0.05, 0.1) is 12.2 Å². The van der Waals surface area contributed by atoms with Crippen LogP contribution in [0.1, 0.15) is 75.3 Å². The number of methoxy groups -OCH3 is 2. The summed E-state index contributed by atoms with van der Waals surface area (Å²) in [6.07, 6.45) is 5.86. The van der Waals surface area contributed by atoms with E-state index >= 15 is 0 Å². The van der Waals surface area contributed by atoms with Gasteiger partial charge in [0.1, 0.15) is 24.3 Å². The van der Waals surface area contributed by atoms with E-state index in [4.69, 9.17) is 18.9 Å². The normalized spacial score (nSPS) is 42.4. The molecule has 5 heterocycles. The van der Waals surface area contributed by atoms with Gasteiger partial charge in [-0.2, -0.15) is 0 Å². The van der Waals surface area contributed by atoms with Crippen molar-refractivity contribution in [2.75, 3.05) is 14.2 Å². The van der Waals surface area contributed by atoms with E-state index in [2.05, 4.69) is 89.7 Å². The van der Waals surface area contributed by atoms with Crippen molar-refractivity contribution in [3.8, 4) is 0 Å². The molecule has 2 aromatic carbocycles. The van der Waals surface area contributed by atoms with Gasteiger partial charge in [0.15, 0.2) is 11.4 Å². The molecule has 10 atom stereocenters. The predicted molar refractivity (Wildman–Crippen MR) is 153 cm³/mol. The van der Waals surface area contributed by atoms with E-state index in [1.807, 2.05) is 14.2 Å². The molecule has 3 saturated heterocycles. The lowest BCUT2D eigenvalue weighted by Crippen LogP contribution is -2.73. The second-order valence-electron chi connectivity index (χ2n) is 12.7. The van der Waals surface area contributed by atoms with E-state index in [9.17, 15) is 0 Å². The van der Waals surface area contributed by atoms with Crippen LogP contribution in [0.5, 0.6) is 0 Å². The van der Waals surface area contributed by atoms with Gasteiger partial charge < -0.3 is 18.9 Å². The summed E-state index contributed by atoms with van der Waals surface area (Å²) in [6.45, 7) is 4.46. The van der Waals surface area contributed by atoms with E-state index in [1.165, 1.54) is 11.1 Å². The van der Waals surface area contributed by atoms with E-state index in [1.54, 1.807) is 0 Å². The molecule has 0 radical (unpaired) electrons. The number of nitrogens with zero attached hydrogens (tertiary/aromatic N) is 1. The Morgan fingerprint density at radius 3 is 1.50 bits per heavy atom. The number of ether oxygens (including phenoxy) is 4. The highest BCUT2D eigenvalue weighted by Crippen LogP contribution is 2.47. The monoisotopic (exact) mass is 546 g/mol. The maximum Gasteiger partial charge on any atom is 0.351 e. The maximum atomic E-state index is 6.98. The van der Waals surface area contributed by atoms with Gasteiger partial charge in [0, 0.05) is 51.7 Å². The van der Waals surface area contributed by atoms with Crippen molar-refractivity contribution in [3.63, 3.8) is 0 Å². The summed E-state index contributed by atoms with van der Waals surface area (Å²) in [5.74, 6) is 1.80. The van der Waals surface area contributed by atoms with Gasteiger partial charge in [-0.15, -0.1) is 0 Å². The molecule has 214 valence electrons. The molecule has 0 bridgehead atoms. The lowest BCUT2D eigenvalue weighted by Gasteiger charge is -2.50. The molecule has 5 aliphatic heterocycles. The highest BCUT2D eigenvalue weighted by atomic mass is 16.5. The molecule has 2 unspecified atom stereocenters. The lowest BCUT2D eigenvalue weighted by atomic mass is 9.81. The number of hydrogen-bond acceptors (Lipinski definition) is 6. The number of guanidine groups is 1. The van der Waals surface area contributed by atoms with Crippen LogP contribution in [-0.4, -0.2) is 72.7 Å². The summed E-state index contributed by atoms with van der Waals surface area (Å²) in [6, 6.07) is 21.9. The summed E-state index contributed by atoms with van der Waals surface area (Å²) in [5, 5.41) is 7.82. The summed E-state index contributed by atoms with van der Waals surface area (Å²) >= 11 is 0. The molecule has 7 heteroatoms. The van der Waals surface area contributed by atoms with Crippen LogP contribution in [0.3, 0.4) is 0 Å². The minimum Gasteiger partial charge on any atom is -0.375 e. The van der Waals surface area contributed by atoms with Crippen LogP contribution in [0.4, 0.5) is 0 Å². The summed E-state index contributed by atoms with van der Waals surface area (Å²) < 4.78 is 28.8. The highest BCUT2D eigenvalue weighted by molar-refractivity contribution is 5.78. The van der Waals surface area contributed by atoms with Gasteiger partial charge in [0.2, 0.25) is 0 Å². The zero-order valence-electron chi connectivity index (χ0n) is 24.2. The Morgan fingerprint density at radius 2 is 1.12 bits per heavy atom. The number of rotatable bonds is 4. The molecule has 7 nitrogen and oxygen atoms in total. The first-order valence-electron chi connectivity index (χ1n) is 15.2. The van der Waals surface area contributed by atoms with E-state index in [0.717, 1.165) is 44.5 Å². The molecule has 0 saturated carbocycles. The van der Waals surface area contributed by atoms with Crippen molar-refractivity contribution in [1.82, 2.24) is 10.6 Å². The standard InChI is InChI=1S/C33H43N3O4/c1-21-25(23-11-7-5-8-12-23)15-17-32(39-21)19-27-29(37-3)30(38-4)28-20-33(35-31(34-32)36(27)28)18-16-26(22(2)40-33)24-13-9-6-10-14-24/h5-14,21-22,25-30H,15-20H2,1-4H3,(H,34,35)/p+1/t21-,22-,25?,26?,27+,28+,29+,30+,32-,33-/m1/s1. The highest BCUT2D eigenvalue weighted by Gasteiger charge is 2.64. The second kappa shape index (κ2) is 10.1. The fourth-order valence-corrected chi connectivity index (χ4v) is 8.71. The predicted octanol–water partition coefficient (Wildman–Crippen LogP) is 4.48. The van der Waals surface area contributed by atoms with Gasteiger partial charge >= 0.3 is 5.96 Å². The zero-order chi connectivity index (χ0) is 27.5. The largest absolute Gasteiger partial charge is 0.375 e. The van der Waals surface area contributed by atoms with Crippen molar-refractivity contribution in [1.29, 1.82) is 0 Å². The first-order chi connectivity index (χ1) is 19.4. The van der Waals surface area contributed by atoms with Crippen LogP contribution < -0.4 is 10.6 Å². The van der Waals surface area contributed by atoms with Crippen molar-refractivity contribution >= 4 is 5.96 Å². The fourth-order valence-electron chi connectivity index (χ4n) is 8.71. The van der Waals surface area contributed by atoms with Crippen molar-refractivity contribution in [2.45, 2.75) is 112 Å². The third kappa shape index (κ3) is 4.28. The van der Waals surface area contributed by atoms with Gasteiger partial charge in [-0.05, 0) is 37.8 Å². The third-order valence-corrected chi connectivity index (χ3v) is 10.5. The molecule has 0 aromatic heterocycles. The minimum absolute atomic E-state index is 0.0373. The van der Waals surface area contributed by atoms with Crippen molar-refractivity contribution in [3.05, 3.63) is 71.8 Å². The Labute approximate surface area is 238 Å². The summed E-state index contributed by atoms with van der Waals surface area (Å²) in [4.78, 5) is 0. The Kier molecular flexibility index (Phi) is 6.69. The minimum atomic E-state index is -0.455. The van der Waals surface area contributed by atoms with Crippen LogP contribution in [0.2, 0.25) is 0 Å². The third-order valence-electron chi connectivity index (χ3n) is 10.5. The first kappa shape index (κ1) is 26.4. The van der Waals surface area contributed by atoms with Crippen LogP contribution >= 0.6 is 0 Å². The van der Waals surface area contributed by atoms with Gasteiger partial charge in [-0.3, -0.25) is 4.58 Å². The molecule has 2 aromatic rings. The fraction of sp³-hybridized carbons (Fsp3) is 0.606.